The molecule has 0 heterocycles. The number of ether oxygens (including phenoxy) is 1. The fourth-order valence-corrected chi connectivity index (χ4v) is 2.40. The molecule has 0 aromatic carbocycles. The third-order valence-corrected chi connectivity index (χ3v) is 3.98. The number of rotatable bonds is 2. The van der Waals surface area contributed by atoms with Crippen molar-refractivity contribution in [2.45, 2.75) is 44.1 Å². The molecule has 70 valence electrons. The lowest BCUT2D eigenvalue weighted by atomic mass is 9.77. The van der Waals surface area contributed by atoms with Crippen molar-refractivity contribution in [2.75, 3.05) is 13.7 Å². The van der Waals surface area contributed by atoms with Gasteiger partial charge in [0.2, 0.25) is 0 Å². The van der Waals surface area contributed by atoms with Crippen LogP contribution in [0, 0.1) is 5.41 Å². The highest BCUT2D eigenvalue weighted by Crippen LogP contribution is 2.58. The third-order valence-electron chi connectivity index (χ3n) is 3.98. The summed E-state index contributed by atoms with van der Waals surface area (Å²) in [6.45, 7) is 0.694. The molecule has 0 bridgehead atoms. The standard InChI is InChI=1S/C10H19NO/c1-12-10(8-11)6-4-9(2-3-9)5-7-10/h2-8,11H2,1H3. The average molecular weight is 169 g/mol. The Hall–Kier alpha value is -0.0800. The maximum atomic E-state index is 5.73. The van der Waals surface area contributed by atoms with E-state index >= 15 is 0 Å². The van der Waals surface area contributed by atoms with Crippen LogP contribution in [0.1, 0.15) is 38.5 Å². The highest BCUT2D eigenvalue weighted by molar-refractivity contribution is 5.01. The van der Waals surface area contributed by atoms with Gasteiger partial charge in [-0.15, -0.1) is 0 Å². The van der Waals surface area contributed by atoms with Crippen LogP contribution in [-0.4, -0.2) is 19.3 Å². The van der Waals surface area contributed by atoms with Gasteiger partial charge >= 0.3 is 0 Å². The molecular weight excluding hydrogens is 150 g/mol. The van der Waals surface area contributed by atoms with Gasteiger partial charge in [-0.3, -0.25) is 0 Å². The second-order valence-electron chi connectivity index (χ2n) is 4.59. The first-order valence-corrected chi connectivity index (χ1v) is 5.00. The van der Waals surface area contributed by atoms with Crippen LogP contribution in [0.15, 0.2) is 0 Å². The van der Waals surface area contributed by atoms with Gasteiger partial charge < -0.3 is 10.5 Å². The summed E-state index contributed by atoms with van der Waals surface area (Å²) < 4.78 is 5.52. The molecule has 2 N–H and O–H groups in total. The van der Waals surface area contributed by atoms with Crippen LogP contribution in [0.2, 0.25) is 0 Å². The Morgan fingerprint density at radius 2 is 1.58 bits per heavy atom. The van der Waals surface area contributed by atoms with Gasteiger partial charge in [0, 0.05) is 13.7 Å². The normalized spacial score (nSPS) is 30.5. The van der Waals surface area contributed by atoms with Crippen molar-refractivity contribution < 1.29 is 4.74 Å². The molecule has 2 rings (SSSR count). The smallest absolute Gasteiger partial charge is 0.0800 e. The Morgan fingerprint density at radius 1 is 1.08 bits per heavy atom. The van der Waals surface area contributed by atoms with E-state index in [2.05, 4.69) is 0 Å². The van der Waals surface area contributed by atoms with Crippen LogP contribution >= 0.6 is 0 Å². The third kappa shape index (κ3) is 1.27. The molecule has 2 heteroatoms. The summed E-state index contributed by atoms with van der Waals surface area (Å²) in [6, 6.07) is 0. The van der Waals surface area contributed by atoms with E-state index in [0.29, 0.717) is 6.54 Å². The summed E-state index contributed by atoms with van der Waals surface area (Å²) in [4.78, 5) is 0. The Labute approximate surface area is 74.5 Å². The lowest BCUT2D eigenvalue weighted by Crippen LogP contribution is -2.43. The van der Waals surface area contributed by atoms with Gasteiger partial charge in [-0.25, -0.2) is 0 Å². The van der Waals surface area contributed by atoms with Crippen molar-refractivity contribution in [1.82, 2.24) is 0 Å². The minimum atomic E-state index is 0.0356. The molecule has 0 saturated heterocycles. The average Bonchev–Trinajstić information content (AvgIpc) is 2.88. The van der Waals surface area contributed by atoms with Gasteiger partial charge in [-0.1, -0.05) is 0 Å². The van der Waals surface area contributed by atoms with Crippen LogP contribution in [0.4, 0.5) is 0 Å². The molecule has 2 fully saturated rings. The molecular formula is C10H19NO. The molecule has 0 atom stereocenters. The zero-order valence-electron chi connectivity index (χ0n) is 7.94. The van der Waals surface area contributed by atoms with Crippen LogP contribution in [-0.2, 0) is 4.74 Å². The second-order valence-corrected chi connectivity index (χ2v) is 4.59. The Morgan fingerprint density at radius 3 is 1.92 bits per heavy atom. The molecule has 0 unspecified atom stereocenters. The summed E-state index contributed by atoms with van der Waals surface area (Å²) in [7, 11) is 1.80. The number of nitrogens with two attached hydrogens (primary N) is 1. The van der Waals surface area contributed by atoms with Gasteiger partial charge in [0.05, 0.1) is 5.60 Å². The molecule has 2 aliphatic carbocycles. The Balaban J connectivity index is 1.95. The highest BCUT2D eigenvalue weighted by atomic mass is 16.5. The van der Waals surface area contributed by atoms with E-state index < -0.39 is 0 Å². The zero-order valence-corrected chi connectivity index (χ0v) is 7.94. The van der Waals surface area contributed by atoms with E-state index in [1.165, 1.54) is 38.5 Å². The van der Waals surface area contributed by atoms with E-state index in [1.807, 2.05) is 0 Å². The SMILES string of the molecule is COC1(CN)CCC2(CC2)CC1. The summed E-state index contributed by atoms with van der Waals surface area (Å²) in [5, 5.41) is 0. The number of methoxy groups -OCH3 is 1. The van der Waals surface area contributed by atoms with Crippen LogP contribution in [0.25, 0.3) is 0 Å². The fourth-order valence-electron chi connectivity index (χ4n) is 2.40. The zero-order chi connectivity index (χ0) is 8.66. The summed E-state index contributed by atoms with van der Waals surface area (Å²) >= 11 is 0. The van der Waals surface area contributed by atoms with Crippen LogP contribution in [0.3, 0.4) is 0 Å². The lowest BCUT2D eigenvalue weighted by Gasteiger charge is -2.38. The van der Waals surface area contributed by atoms with E-state index in [9.17, 15) is 0 Å². The second kappa shape index (κ2) is 2.71. The van der Waals surface area contributed by atoms with Crippen molar-refractivity contribution in [1.29, 1.82) is 0 Å². The highest BCUT2D eigenvalue weighted by Gasteiger charge is 2.48. The quantitative estimate of drug-likeness (QED) is 0.682. The molecule has 0 radical (unpaired) electrons. The van der Waals surface area contributed by atoms with Crippen molar-refractivity contribution in [2.24, 2.45) is 11.1 Å². The van der Waals surface area contributed by atoms with E-state index in [0.717, 1.165) is 5.41 Å². The lowest BCUT2D eigenvalue weighted by molar-refractivity contribution is -0.0447. The van der Waals surface area contributed by atoms with Gasteiger partial charge in [-0.05, 0) is 43.9 Å². The molecule has 2 aliphatic rings. The van der Waals surface area contributed by atoms with Crippen molar-refractivity contribution >= 4 is 0 Å². The molecule has 0 amide bonds. The number of hydrogen-bond donors (Lipinski definition) is 1. The van der Waals surface area contributed by atoms with Crippen LogP contribution < -0.4 is 5.73 Å². The first kappa shape index (κ1) is 8.52. The molecule has 0 aliphatic heterocycles. The maximum absolute atomic E-state index is 5.73. The molecule has 0 aromatic rings. The van der Waals surface area contributed by atoms with Crippen molar-refractivity contribution in [3.63, 3.8) is 0 Å². The van der Waals surface area contributed by atoms with E-state index in [4.69, 9.17) is 10.5 Å². The van der Waals surface area contributed by atoms with E-state index in [1.54, 1.807) is 7.11 Å². The van der Waals surface area contributed by atoms with Gasteiger partial charge in [0.1, 0.15) is 0 Å². The molecule has 2 saturated carbocycles. The minimum absolute atomic E-state index is 0.0356. The van der Waals surface area contributed by atoms with Gasteiger partial charge in [0.25, 0.3) is 0 Å². The van der Waals surface area contributed by atoms with Crippen molar-refractivity contribution in [3.05, 3.63) is 0 Å². The Bertz CT molecular complexity index is 159. The monoisotopic (exact) mass is 169 g/mol. The molecule has 12 heavy (non-hydrogen) atoms. The minimum Gasteiger partial charge on any atom is -0.377 e. The largest absolute Gasteiger partial charge is 0.377 e. The summed E-state index contributed by atoms with van der Waals surface area (Å²) in [5.74, 6) is 0. The molecule has 2 nitrogen and oxygen atoms in total. The first-order valence-electron chi connectivity index (χ1n) is 5.00. The topological polar surface area (TPSA) is 35.2 Å². The summed E-state index contributed by atoms with van der Waals surface area (Å²) in [5.41, 5.74) is 6.52. The fraction of sp³-hybridized carbons (Fsp3) is 1.00. The molecule has 1 spiro atoms. The van der Waals surface area contributed by atoms with Gasteiger partial charge in [-0.2, -0.15) is 0 Å². The molecule has 0 aromatic heterocycles. The predicted octanol–water partition coefficient (Wildman–Crippen LogP) is 1.68. The van der Waals surface area contributed by atoms with Gasteiger partial charge in [0.15, 0.2) is 0 Å². The van der Waals surface area contributed by atoms with E-state index in [-0.39, 0.29) is 5.60 Å². The number of hydrogen-bond acceptors (Lipinski definition) is 2. The summed E-state index contributed by atoms with van der Waals surface area (Å²) in [6.07, 6.45) is 7.96. The first-order chi connectivity index (χ1) is 5.74. The van der Waals surface area contributed by atoms with Crippen LogP contribution in [0.5, 0.6) is 0 Å². The maximum Gasteiger partial charge on any atom is 0.0800 e. The Kier molecular flexibility index (Phi) is 1.92. The predicted molar refractivity (Wildman–Crippen MR) is 48.9 cm³/mol. The van der Waals surface area contributed by atoms with Crippen molar-refractivity contribution in [3.8, 4) is 0 Å².